The van der Waals surface area contributed by atoms with Gasteiger partial charge in [-0.3, -0.25) is 0 Å². The SMILES string of the molecule is c1ccc(-c2c(-c3cccc(-c4ccc(N(c5cccc(-c6ccc7ccccc7c6)c5)c5ccc6ccccc6c5)cc4)c3)oc3ccccc23)cc1. The van der Waals surface area contributed by atoms with E-state index >= 15 is 0 Å². The van der Waals surface area contributed by atoms with Crippen molar-refractivity contribution in [3.8, 4) is 44.7 Å². The average molecular weight is 690 g/mol. The van der Waals surface area contributed by atoms with Crippen molar-refractivity contribution in [2.45, 2.75) is 0 Å². The van der Waals surface area contributed by atoms with Crippen LogP contribution in [0.25, 0.3) is 77.2 Å². The van der Waals surface area contributed by atoms with Crippen LogP contribution in [0.5, 0.6) is 0 Å². The summed E-state index contributed by atoms with van der Waals surface area (Å²) >= 11 is 0. The Bertz CT molecular complexity index is 2940. The predicted molar refractivity (Wildman–Crippen MR) is 228 cm³/mol. The Morgan fingerprint density at radius 1 is 0.296 bits per heavy atom. The highest BCUT2D eigenvalue weighted by molar-refractivity contribution is 6.02. The summed E-state index contributed by atoms with van der Waals surface area (Å²) in [5.41, 5.74) is 12.2. The van der Waals surface area contributed by atoms with Gasteiger partial charge in [-0.15, -0.1) is 0 Å². The molecule has 0 spiro atoms. The molecule has 10 aromatic rings. The molecule has 2 heteroatoms. The Hall–Kier alpha value is -7.16. The molecule has 0 fully saturated rings. The zero-order chi connectivity index (χ0) is 35.8. The van der Waals surface area contributed by atoms with Crippen molar-refractivity contribution in [3.05, 3.63) is 212 Å². The molecule has 0 bridgehead atoms. The van der Waals surface area contributed by atoms with Gasteiger partial charge >= 0.3 is 0 Å². The molecule has 0 radical (unpaired) electrons. The van der Waals surface area contributed by atoms with Crippen LogP contribution in [0.4, 0.5) is 17.1 Å². The summed E-state index contributed by atoms with van der Waals surface area (Å²) in [6, 6.07) is 75.8. The van der Waals surface area contributed by atoms with Crippen molar-refractivity contribution in [1.29, 1.82) is 0 Å². The first kappa shape index (κ1) is 31.6. The van der Waals surface area contributed by atoms with Crippen LogP contribution in [0.15, 0.2) is 217 Å². The first-order valence-corrected chi connectivity index (χ1v) is 18.4. The van der Waals surface area contributed by atoms with Crippen molar-refractivity contribution in [1.82, 2.24) is 0 Å². The van der Waals surface area contributed by atoms with Gasteiger partial charge in [-0.1, -0.05) is 158 Å². The van der Waals surface area contributed by atoms with Gasteiger partial charge in [0.2, 0.25) is 0 Å². The zero-order valence-electron chi connectivity index (χ0n) is 29.6. The van der Waals surface area contributed by atoms with E-state index in [0.717, 1.165) is 61.6 Å². The number of benzene rings is 9. The Balaban J connectivity index is 1.05. The highest BCUT2D eigenvalue weighted by Crippen LogP contribution is 2.43. The summed E-state index contributed by atoms with van der Waals surface area (Å²) in [6.07, 6.45) is 0. The van der Waals surface area contributed by atoms with E-state index in [4.69, 9.17) is 4.42 Å². The van der Waals surface area contributed by atoms with E-state index in [9.17, 15) is 0 Å². The van der Waals surface area contributed by atoms with E-state index in [2.05, 4.69) is 205 Å². The van der Waals surface area contributed by atoms with Crippen LogP contribution in [0.1, 0.15) is 0 Å². The van der Waals surface area contributed by atoms with Gasteiger partial charge in [-0.2, -0.15) is 0 Å². The Morgan fingerprint density at radius 3 is 1.63 bits per heavy atom. The molecular weight excluding hydrogens is 655 g/mol. The van der Waals surface area contributed by atoms with Gasteiger partial charge in [0.25, 0.3) is 0 Å². The molecule has 0 saturated heterocycles. The molecule has 0 atom stereocenters. The minimum atomic E-state index is 0.884. The maximum atomic E-state index is 6.57. The van der Waals surface area contributed by atoms with Gasteiger partial charge in [0, 0.05) is 33.6 Å². The Morgan fingerprint density at radius 2 is 0.833 bits per heavy atom. The molecule has 0 unspecified atom stereocenters. The second-order valence-electron chi connectivity index (χ2n) is 13.8. The van der Waals surface area contributed by atoms with E-state index in [1.54, 1.807) is 0 Å². The maximum Gasteiger partial charge on any atom is 0.143 e. The van der Waals surface area contributed by atoms with Crippen LogP contribution >= 0.6 is 0 Å². The van der Waals surface area contributed by atoms with Crippen molar-refractivity contribution >= 4 is 49.6 Å². The molecule has 0 amide bonds. The highest BCUT2D eigenvalue weighted by atomic mass is 16.3. The van der Waals surface area contributed by atoms with Crippen LogP contribution < -0.4 is 4.90 Å². The molecule has 10 rings (SSSR count). The van der Waals surface area contributed by atoms with Gasteiger partial charge < -0.3 is 9.32 Å². The second-order valence-corrected chi connectivity index (χ2v) is 13.8. The maximum absolute atomic E-state index is 6.57. The Labute approximate surface area is 314 Å². The summed E-state index contributed by atoms with van der Waals surface area (Å²) in [7, 11) is 0. The number of hydrogen-bond donors (Lipinski definition) is 0. The lowest BCUT2D eigenvalue weighted by Crippen LogP contribution is -2.10. The number of rotatable bonds is 7. The molecule has 0 aliphatic rings. The van der Waals surface area contributed by atoms with Crippen molar-refractivity contribution in [3.63, 3.8) is 0 Å². The smallest absolute Gasteiger partial charge is 0.143 e. The van der Waals surface area contributed by atoms with Crippen molar-refractivity contribution < 1.29 is 4.42 Å². The number of hydrogen-bond acceptors (Lipinski definition) is 2. The summed E-state index contributed by atoms with van der Waals surface area (Å²) < 4.78 is 6.57. The number of anilines is 3. The molecule has 254 valence electrons. The van der Waals surface area contributed by atoms with Gasteiger partial charge in [0.15, 0.2) is 0 Å². The lowest BCUT2D eigenvalue weighted by Gasteiger charge is -2.26. The van der Waals surface area contributed by atoms with E-state index in [-0.39, 0.29) is 0 Å². The zero-order valence-corrected chi connectivity index (χ0v) is 29.6. The van der Waals surface area contributed by atoms with E-state index in [1.807, 2.05) is 12.1 Å². The minimum absolute atomic E-state index is 0.884. The summed E-state index contributed by atoms with van der Waals surface area (Å²) in [5.74, 6) is 0.884. The summed E-state index contributed by atoms with van der Waals surface area (Å²) in [4.78, 5) is 2.36. The topological polar surface area (TPSA) is 16.4 Å². The third-order valence-electron chi connectivity index (χ3n) is 10.4. The van der Waals surface area contributed by atoms with Crippen LogP contribution in [0.2, 0.25) is 0 Å². The van der Waals surface area contributed by atoms with Crippen LogP contribution in [0, 0.1) is 0 Å². The van der Waals surface area contributed by atoms with E-state index < -0.39 is 0 Å². The monoisotopic (exact) mass is 689 g/mol. The second kappa shape index (κ2) is 13.4. The average Bonchev–Trinajstić information content (AvgIpc) is 3.64. The largest absolute Gasteiger partial charge is 0.455 e. The molecular formula is C52H35NO. The van der Waals surface area contributed by atoms with Crippen molar-refractivity contribution in [2.75, 3.05) is 4.90 Å². The molecule has 1 aromatic heterocycles. The van der Waals surface area contributed by atoms with Crippen LogP contribution in [-0.4, -0.2) is 0 Å². The quantitative estimate of drug-likeness (QED) is 0.166. The third kappa shape index (κ3) is 5.81. The summed E-state index contributed by atoms with van der Waals surface area (Å²) in [5, 5.41) is 6.03. The molecule has 9 aromatic carbocycles. The van der Waals surface area contributed by atoms with Crippen LogP contribution in [-0.2, 0) is 0 Å². The van der Waals surface area contributed by atoms with Gasteiger partial charge in [0.05, 0.1) is 0 Å². The Kier molecular flexibility index (Phi) is 7.85. The van der Waals surface area contributed by atoms with E-state index in [1.165, 1.54) is 32.7 Å². The standard InChI is InChI=1S/C52H35NO/c1-2-14-39(15-3-1)51-49-22-8-9-23-50(49)54-52(51)45-20-10-18-41(33-45)38-26-29-46(30-27-38)53(48-31-28-37-13-5-7-17-42(37)34-48)47-21-11-19-43(35-47)44-25-24-36-12-4-6-16-40(36)32-44/h1-35H. The normalized spacial score (nSPS) is 11.3. The molecule has 54 heavy (non-hydrogen) atoms. The van der Waals surface area contributed by atoms with E-state index in [0.29, 0.717) is 0 Å². The number of furan rings is 1. The van der Waals surface area contributed by atoms with Gasteiger partial charge in [-0.05, 0) is 104 Å². The highest BCUT2D eigenvalue weighted by Gasteiger charge is 2.19. The molecule has 0 aliphatic heterocycles. The first-order valence-electron chi connectivity index (χ1n) is 18.4. The summed E-state index contributed by atoms with van der Waals surface area (Å²) in [6.45, 7) is 0. The first-order chi connectivity index (χ1) is 26.7. The fourth-order valence-corrected chi connectivity index (χ4v) is 7.74. The molecule has 0 saturated carbocycles. The minimum Gasteiger partial charge on any atom is -0.455 e. The molecule has 0 aliphatic carbocycles. The predicted octanol–water partition coefficient (Wildman–Crippen LogP) is 14.9. The molecule has 2 nitrogen and oxygen atoms in total. The molecule has 0 N–H and O–H groups in total. The van der Waals surface area contributed by atoms with Gasteiger partial charge in [0.1, 0.15) is 11.3 Å². The third-order valence-corrected chi connectivity index (χ3v) is 10.4. The van der Waals surface area contributed by atoms with Crippen LogP contribution in [0.3, 0.4) is 0 Å². The number of nitrogens with zero attached hydrogens (tertiary/aromatic N) is 1. The lowest BCUT2D eigenvalue weighted by molar-refractivity contribution is 0.632. The lowest BCUT2D eigenvalue weighted by atomic mass is 9.96. The van der Waals surface area contributed by atoms with Gasteiger partial charge in [-0.25, -0.2) is 0 Å². The molecule has 1 heterocycles. The fraction of sp³-hybridized carbons (Fsp3) is 0. The number of fused-ring (bicyclic) bond motifs is 3. The number of para-hydroxylation sites is 1. The fourth-order valence-electron chi connectivity index (χ4n) is 7.74. The van der Waals surface area contributed by atoms with Crippen molar-refractivity contribution in [2.24, 2.45) is 0 Å².